The number of halogens is 2. The zero-order valence-electron chi connectivity index (χ0n) is 12.6. The van der Waals surface area contributed by atoms with Gasteiger partial charge in [0.1, 0.15) is 23.1 Å². The summed E-state index contributed by atoms with van der Waals surface area (Å²) in [6.07, 6.45) is 0. The fourth-order valence-corrected chi connectivity index (χ4v) is 2.50. The van der Waals surface area contributed by atoms with Crippen molar-refractivity contribution in [2.75, 3.05) is 0 Å². The second-order valence-corrected chi connectivity index (χ2v) is 4.85. The molecular weight excluding hydrogens is 301 g/mol. The molecule has 22 heavy (non-hydrogen) atoms. The molecule has 0 radical (unpaired) electrons. The molecule has 0 aliphatic heterocycles. The molecule has 5 heteroatoms. The first-order valence-corrected chi connectivity index (χ1v) is 7.31. The SMILES string of the molecule is CC.Cn1nc2c(-c3ccccc3F)cc(Cl)cc2c1C#N. The zero-order chi connectivity index (χ0) is 16.3. The van der Waals surface area contributed by atoms with Gasteiger partial charge >= 0.3 is 0 Å². The Kier molecular flexibility index (Phi) is 4.79. The van der Waals surface area contributed by atoms with E-state index in [0.717, 1.165) is 0 Å². The fraction of sp³-hybridized carbons (Fsp3) is 0.176. The lowest BCUT2D eigenvalue weighted by Gasteiger charge is -2.05. The van der Waals surface area contributed by atoms with Crippen molar-refractivity contribution in [2.45, 2.75) is 13.8 Å². The van der Waals surface area contributed by atoms with E-state index in [1.54, 1.807) is 37.4 Å². The first-order valence-electron chi connectivity index (χ1n) is 6.93. The van der Waals surface area contributed by atoms with Gasteiger partial charge in [-0.15, -0.1) is 0 Å². The third-order valence-corrected chi connectivity index (χ3v) is 3.39. The monoisotopic (exact) mass is 315 g/mol. The minimum Gasteiger partial charge on any atom is -0.257 e. The van der Waals surface area contributed by atoms with Gasteiger partial charge in [0.05, 0.1) is 0 Å². The molecule has 1 aromatic heterocycles. The molecule has 0 saturated heterocycles. The van der Waals surface area contributed by atoms with E-state index in [9.17, 15) is 9.65 Å². The van der Waals surface area contributed by atoms with Crippen LogP contribution in [0.2, 0.25) is 5.02 Å². The van der Waals surface area contributed by atoms with E-state index in [-0.39, 0.29) is 5.82 Å². The average molecular weight is 316 g/mol. The Labute approximate surface area is 133 Å². The van der Waals surface area contributed by atoms with Gasteiger partial charge in [0.25, 0.3) is 0 Å². The van der Waals surface area contributed by atoms with Crippen LogP contribution >= 0.6 is 11.6 Å². The van der Waals surface area contributed by atoms with Crippen molar-refractivity contribution in [2.24, 2.45) is 7.05 Å². The summed E-state index contributed by atoms with van der Waals surface area (Å²) < 4.78 is 15.5. The summed E-state index contributed by atoms with van der Waals surface area (Å²) in [7, 11) is 1.68. The summed E-state index contributed by atoms with van der Waals surface area (Å²) >= 11 is 6.10. The Morgan fingerprint density at radius 1 is 1.18 bits per heavy atom. The standard InChI is InChI=1S/C15H9ClFN3.C2H6/c1-20-14(8-18)12-7-9(16)6-11(15(12)19-20)10-4-2-3-5-13(10)17;1-2/h2-7H,1H3;1-2H3. The van der Waals surface area contributed by atoms with Crippen molar-refractivity contribution in [3.63, 3.8) is 0 Å². The number of hydrogen-bond acceptors (Lipinski definition) is 2. The molecule has 0 unspecified atom stereocenters. The number of nitrogens with zero attached hydrogens (tertiary/aromatic N) is 3. The van der Waals surface area contributed by atoms with Crippen molar-refractivity contribution in [1.82, 2.24) is 9.78 Å². The lowest BCUT2D eigenvalue weighted by molar-refractivity contribution is 0.631. The number of nitriles is 1. The maximum Gasteiger partial charge on any atom is 0.146 e. The van der Waals surface area contributed by atoms with E-state index in [2.05, 4.69) is 11.2 Å². The minimum absolute atomic E-state index is 0.347. The van der Waals surface area contributed by atoms with Gasteiger partial charge in [-0.2, -0.15) is 10.4 Å². The van der Waals surface area contributed by atoms with Gasteiger partial charge in [0.15, 0.2) is 0 Å². The van der Waals surface area contributed by atoms with Crippen LogP contribution in [0.15, 0.2) is 36.4 Å². The first-order chi connectivity index (χ1) is 10.6. The number of benzene rings is 2. The second-order valence-electron chi connectivity index (χ2n) is 4.41. The number of hydrogen-bond donors (Lipinski definition) is 0. The van der Waals surface area contributed by atoms with Crippen LogP contribution in [0, 0.1) is 17.1 Å². The van der Waals surface area contributed by atoms with Gasteiger partial charge in [0.2, 0.25) is 0 Å². The van der Waals surface area contributed by atoms with E-state index < -0.39 is 0 Å². The van der Waals surface area contributed by atoms with Gasteiger partial charge in [-0.3, -0.25) is 4.68 Å². The maximum absolute atomic E-state index is 14.0. The highest BCUT2D eigenvalue weighted by Gasteiger charge is 2.16. The van der Waals surface area contributed by atoms with Gasteiger partial charge in [-0.1, -0.05) is 43.6 Å². The zero-order valence-corrected chi connectivity index (χ0v) is 13.3. The van der Waals surface area contributed by atoms with Gasteiger partial charge in [-0.25, -0.2) is 4.39 Å². The van der Waals surface area contributed by atoms with Crippen LogP contribution < -0.4 is 0 Å². The number of fused-ring (bicyclic) bond motifs is 1. The molecule has 3 aromatic rings. The Hall–Kier alpha value is -2.38. The van der Waals surface area contributed by atoms with E-state index in [0.29, 0.717) is 32.7 Å². The third kappa shape index (κ3) is 2.68. The van der Waals surface area contributed by atoms with E-state index in [4.69, 9.17) is 11.6 Å². The van der Waals surface area contributed by atoms with Crippen LogP contribution in [-0.4, -0.2) is 9.78 Å². The van der Waals surface area contributed by atoms with Crippen molar-refractivity contribution in [3.05, 3.63) is 52.9 Å². The van der Waals surface area contributed by atoms with Crippen molar-refractivity contribution >= 4 is 22.5 Å². The highest BCUT2D eigenvalue weighted by atomic mass is 35.5. The number of aryl methyl sites for hydroxylation is 1. The Morgan fingerprint density at radius 2 is 1.86 bits per heavy atom. The first kappa shape index (κ1) is 16.0. The average Bonchev–Trinajstić information content (AvgIpc) is 2.84. The van der Waals surface area contributed by atoms with Crippen LogP contribution in [0.25, 0.3) is 22.0 Å². The summed E-state index contributed by atoms with van der Waals surface area (Å²) in [5.74, 6) is -0.347. The van der Waals surface area contributed by atoms with E-state index >= 15 is 0 Å². The Morgan fingerprint density at radius 3 is 2.50 bits per heavy atom. The number of aromatic nitrogens is 2. The van der Waals surface area contributed by atoms with E-state index in [1.165, 1.54) is 10.7 Å². The van der Waals surface area contributed by atoms with Crippen LogP contribution in [0.4, 0.5) is 4.39 Å². The summed E-state index contributed by atoms with van der Waals surface area (Å²) in [5.41, 5.74) is 1.98. The van der Waals surface area contributed by atoms with E-state index in [1.807, 2.05) is 13.8 Å². The molecular formula is C17H15ClFN3. The molecule has 0 amide bonds. The van der Waals surface area contributed by atoms with Crippen molar-refractivity contribution in [3.8, 4) is 17.2 Å². The topological polar surface area (TPSA) is 41.6 Å². The lowest BCUT2D eigenvalue weighted by atomic mass is 10.0. The van der Waals surface area contributed by atoms with Crippen molar-refractivity contribution < 1.29 is 4.39 Å². The van der Waals surface area contributed by atoms with Crippen LogP contribution in [0.5, 0.6) is 0 Å². The smallest absolute Gasteiger partial charge is 0.146 e. The molecule has 1 heterocycles. The van der Waals surface area contributed by atoms with Crippen LogP contribution in [0.3, 0.4) is 0 Å². The van der Waals surface area contributed by atoms with Crippen molar-refractivity contribution in [1.29, 1.82) is 5.26 Å². The van der Waals surface area contributed by atoms with Crippen LogP contribution in [0.1, 0.15) is 19.5 Å². The molecule has 0 fully saturated rings. The maximum atomic E-state index is 14.0. The largest absolute Gasteiger partial charge is 0.257 e. The second kappa shape index (κ2) is 6.59. The molecule has 3 nitrogen and oxygen atoms in total. The molecule has 2 aromatic carbocycles. The molecule has 0 spiro atoms. The molecule has 0 bridgehead atoms. The predicted molar refractivity (Wildman–Crippen MR) is 87.2 cm³/mol. The van der Waals surface area contributed by atoms with Gasteiger partial charge < -0.3 is 0 Å². The lowest BCUT2D eigenvalue weighted by Crippen LogP contribution is -1.92. The van der Waals surface area contributed by atoms with Gasteiger partial charge in [0, 0.05) is 28.6 Å². The molecule has 3 rings (SSSR count). The number of rotatable bonds is 1. The molecule has 0 atom stereocenters. The summed E-state index contributed by atoms with van der Waals surface area (Å²) in [6.45, 7) is 4.00. The predicted octanol–water partition coefficient (Wildman–Crippen LogP) is 4.93. The summed E-state index contributed by atoms with van der Waals surface area (Å²) in [4.78, 5) is 0. The highest BCUT2D eigenvalue weighted by molar-refractivity contribution is 6.32. The molecule has 0 N–H and O–H groups in total. The Bertz CT molecular complexity index is 862. The fourth-order valence-electron chi connectivity index (χ4n) is 2.28. The molecule has 0 aliphatic rings. The quantitative estimate of drug-likeness (QED) is 0.639. The summed E-state index contributed by atoms with van der Waals surface area (Å²) in [5, 5.41) is 14.6. The molecule has 0 saturated carbocycles. The molecule has 112 valence electrons. The molecule has 0 aliphatic carbocycles. The van der Waals surface area contributed by atoms with Crippen LogP contribution in [-0.2, 0) is 7.05 Å². The Balaban J connectivity index is 0.000000847. The summed E-state index contributed by atoms with van der Waals surface area (Å²) in [6, 6.07) is 11.9. The highest BCUT2D eigenvalue weighted by Crippen LogP contribution is 2.33. The third-order valence-electron chi connectivity index (χ3n) is 3.17. The normalized spacial score (nSPS) is 10.0. The minimum atomic E-state index is -0.347. The van der Waals surface area contributed by atoms with Gasteiger partial charge in [-0.05, 0) is 18.2 Å².